The molecule has 180 valence electrons. The van der Waals surface area contributed by atoms with E-state index in [-0.39, 0.29) is 11.5 Å². The third kappa shape index (κ3) is 5.54. The second kappa shape index (κ2) is 9.54. The van der Waals surface area contributed by atoms with Crippen molar-refractivity contribution < 1.29 is 4.74 Å². The summed E-state index contributed by atoms with van der Waals surface area (Å²) < 4.78 is 7.32. The summed E-state index contributed by atoms with van der Waals surface area (Å²) in [6.07, 6.45) is 2.85. The van der Waals surface area contributed by atoms with E-state index >= 15 is 0 Å². The third-order valence-electron chi connectivity index (χ3n) is 6.00. The highest BCUT2D eigenvalue weighted by Gasteiger charge is 2.19. The maximum absolute atomic E-state index is 5.51. The molecule has 1 fully saturated rings. The van der Waals surface area contributed by atoms with Gasteiger partial charge in [-0.3, -0.25) is 4.98 Å². The van der Waals surface area contributed by atoms with Crippen LogP contribution in [-0.4, -0.2) is 49.2 Å². The van der Waals surface area contributed by atoms with Gasteiger partial charge in [-0.1, -0.05) is 55.8 Å². The Morgan fingerprint density at radius 1 is 1.00 bits per heavy atom. The number of aromatic nitrogens is 6. The van der Waals surface area contributed by atoms with Crippen LogP contribution in [0.15, 0.2) is 54.7 Å². The molecular formula is C27H31N7O. The van der Waals surface area contributed by atoms with Gasteiger partial charge in [0.2, 0.25) is 5.95 Å². The highest BCUT2D eigenvalue weighted by Crippen LogP contribution is 2.26. The van der Waals surface area contributed by atoms with Gasteiger partial charge in [0.05, 0.1) is 42.5 Å². The largest absolute Gasteiger partial charge is 0.379 e. The van der Waals surface area contributed by atoms with Crippen molar-refractivity contribution in [2.75, 3.05) is 18.5 Å². The minimum atomic E-state index is -0.00948. The minimum Gasteiger partial charge on any atom is -0.379 e. The van der Waals surface area contributed by atoms with E-state index in [1.165, 1.54) is 5.56 Å². The summed E-state index contributed by atoms with van der Waals surface area (Å²) in [7, 11) is 0. The maximum Gasteiger partial charge on any atom is 0.224 e. The number of hydrogen-bond acceptors (Lipinski definition) is 7. The Morgan fingerprint density at radius 3 is 2.60 bits per heavy atom. The van der Waals surface area contributed by atoms with Gasteiger partial charge >= 0.3 is 0 Å². The lowest BCUT2D eigenvalue weighted by atomic mass is 9.91. The van der Waals surface area contributed by atoms with E-state index in [0.717, 1.165) is 41.4 Å². The molecule has 1 aromatic carbocycles. The molecule has 3 aromatic heterocycles. The van der Waals surface area contributed by atoms with Crippen molar-refractivity contribution >= 4 is 5.95 Å². The van der Waals surface area contributed by atoms with Crippen LogP contribution in [0.2, 0.25) is 0 Å². The average molecular weight is 470 g/mol. The number of anilines is 1. The summed E-state index contributed by atoms with van der Waals surface area (Å²) in [5.41, 5.74) is 6.46. The molecule has 0 radical (unpaired) electrons. The number of ether oxygens (including phenoxy) is 1. The summed E-state index contributed by atoms with van der Waals surface area (Å²) in [4.78, 5) is 14.4. The molecule has 1 aliphatic rings. The smallest absolute Gasteiger partial charge is 0.224 e. The summed E-state index contributed by atoms with van der Waals surface area (Å²) in [6.45, 7) is 10.5. The van der Waals surface area contributed by atoms with Crippen molar-refractivity contribution in [2.24, 2.45) is 0 Å². The molecule has 35 heavy (non-hydrogen) atoms. The molecule has 0 bridgehead atoms. The molecule has 0 amide bonds. The molecule has 1 saturated heterocycles. The van der Waals surface area contributed by atoms with Crippen LogP contribution in [0.1, 0.15) is 44.1 Å². The zero-order chi connectivity index (χ0) is 24.4. The predicted octanol–water partition coefficient (Wildman–Crippen LogP) is 4.65. The zero-order valence-electron chi connectivity index (χ0n) is 20.7. The van der Waals surface area contributed by atoms with Crippen molar-refractivity contribution in [3.8, 4) is 22.6 Å². The van der Waals surface area contributed by atoms with Crippen molar-refractivity contribution in [1.29, 1.82) is 0 Å². The van der Waals surface area contributed by atoms with Crippen LogP contribution in [0.3, 0.4) is 0 Å². The van der Waals surface area contributed by atoms with E-state index in [1.54, 1.807) is 4.68 Å². The van der Waals surface area contributed by atoms with Crippen molar-refractivity contribution in [3.05, 3.63) is 71.7 Å². The Hall–Kier alpha value is -3.65. The fraction of sp³-hybridized carbons (Fsp3) is 0.370. The Morgan fingerprint density at radius 2 is 1.83 bits per heavy atom. The van der Waals surface area contributed by atoms with Crippen LogP contribution >= 0.6 is 0 Å². The first-order valence-corrected chi connectivity index (χ1v) is 12.0. The fourth-order valence-electron chi connectivity index (χ4n) is 4.07. The van der Waals surface area contributed by atoms with E-state index in [2.05, 4.69) is 67.6 Å². The van der Waals surface area contributed by atoms with Crippen molar-refractivity contribution in [2.45, 2.75) is 52.1 Å². The normalized spacial score (nSPS) is 15.9. The number of pyridine rings is 1. The second-order valence-corrected chi connectivity index (χ2v) is 10.1. The lowest BCUT2D eigenvalue weighted by Gasteiger charge is -2.18. The summed E-state index contributed by atoms with van der Waals surface area (Å²) in [6, 6.07) is 16.6. The first-order valence-electron chi connectivity index (χ1n) is 12.0. The Balaban J connectivity index is 1.45. The van der Waals surface area contributed by atoms with E-state index in [1.807, 2.05) is 30.5 Å². The molecule has 4 aromatic rings. The molecule has 1 N–H and O–H groups in total. The number of benzene rings is 1. The van der Waals surface area contributed by atoms with E-state index in [9.17, 15) is 0 Å². The molecule has 4 heterocycles. The quantitative estimate of drug-likeness (QED) is 0.439. The fourth-order valence-corrected chi connectivity index (χ4v) is 4.07. The van der Waals surface area contributed by atoms with Crippen LogP contribution in [-0.2, 0) is 16.7 Å². The predicted molar refractivity (Wildman–Crippen MR) is 136 cm³/mol. The molecule has 1 aliphatic heterocycles. The van der Waals surface area contributed by atoms with Gasteiger partial charge in [-0.05, 0) is 37.6 Å². The molecule has 0 saturated carbocycles. The average Bonchev–Trinajstić information content (AvgIpc) is 3.51. The summed E-state index contributed by atoms with van der Waals surface area (Å²) >= 11 is 0. The monoisotopic (exact) mass is 469 g/mol. The number of hydrogen-bond donors (Lipinski definition) is 1. The van der Waals surface area contributed by atoms with Gasteiger partial charge in [0.15, 0.2) is 0 Å². The van der Waals surface area contributed by atoms with E-state index in [0.29, 0.717) is 24.8 Å². The van der Waals surface area contributed by atoms with Crippen LogP contribution < -0.4 is 5.32 Å². The number of nitrogens with zero attached hydrogens (tertiary/aromatic N) is 6. The van der Waals surface area contributed by atoms with Crippen LogP contribution in [0.5, 0.6) is 0 Å². The van der Waals surface area contributed by atoms with Gasteiger partial charge in [-0.2, -0.15) is 0 Å². The van der Waals surface area contributed by atoms with Crippen molar-refractivity contribution in [1.82, 2.24) is 29.9 Å². The Bertz CT molecular complexity index is 1320. The Kier molecular flexibility index (Phi) is 6.30. The molecule has 1 atom stereocenters. The lowest BCUT2D eigenvalue weighted by Crippen LogP contribution is -2.20. The molecular weight excluding hydrogens is 438 g/mol. The minimum absolute atomic E-state index is 0.00948. The van der Waals surface area contributed by atoms with E-state index in [4.69, 9.17) is 19.7 Å². The topological polar surface area (TPSA) is 90.6 Å². The number of aryl methyl sites for hydroxylation is 1. The standard InChI is InChI=1S/C27H31N7O/c1-18-7-5-8-19(13-18)22-14-23(31-26(30-22)29-21-11-12-35-17-21)24-16-34(33-32-24)15-20-9-6-10-25(28-20)27(2,3)4/h5-10,13-14,16,21H,11-12,15,17H2,1-4H3,(H,29,30,31)/t21-/m0/s1. The van der Waals surface area contributed by atoms with Crippen molar-refractivity contribution in [3.63, 3.8) is 0 Å². The summed E-state index contributed by atoms with van der Waals surface area (Å²) in [5, 5.41) is 12.2. The first-order chi connectivity index (χ1) is 16.8. The SMILES string of the molecule is Cc1cccc(-c2cc(-c3cn(Cc4cccc(C(C)(C)C)n4)nn3)nc(N[C@H]3CCOC3)n2)c1. The van der Waals surface area contributed by atoms with Gasteiger partial charge in [0, 0.05) is 23.3 Å². The van der Waals surface area contributed by atoms with Gasteiger partial charge in [0.25, 0.3) is 0 Å². The Labute approximate surface area is 205 Å². The first kappa shape index (κ1) is 23.1. The molecule has 8 heteroatoms. The maximum atomic E-state index is 5.51. The van der Waals surface area contributed by atoms with Gasteiger partial charge < -0.3 is 10.1 Å². The van der Waals surface area contributed by atoms with Crippen LogP contribution in [0, 0.1) is 6.92 Å². The molecule has 5 rings (SSSR count). The zero-order valence-corrected chi connectivity index (χ0v) is 20.7. The highest BCUT2D eigenvalue weighted by molar-refractivity contribution is 5.68. The summed E-state index contributed by atoms with van der Waals surface area (Å²) in [5.74, 6) is 0.573. The lowest BCUT2D eigenvalue weighted by molar-refractivity contribution is 0.195. The number of rotatable bonds is 6. The second-order valence-electron chi connectivity index (χ2n) is 10.1. The van der Waals surface area contributed by atoms with Crippen LogP contribution in [0.4, 0.5) is 5.95 Å². The molecule has 0 aliphatic carbocycles. The number of nitrogens with one attached hydrogen (secondary N) is 1. The van der Waals surface area contributed by atoms with E-state index < -0.39 is 0 Å². The highest BCUT2D eigenvalue weighted by atomic mass is 16.5. The van der Waals surface area contributed by atoms with Crippen LogP contribution in [0.25, 0.3) is 22.6 Å². The van der Waals surface area contributed by atoms with Gasteiger partial charge in [0.1, 0.15) is 5.69 Å². The van der Waals surface area contributed by atoms with Gasteiger partial charge in [-0.15, -0.1) is 5.10 Å². The third-order valence-corrected chi connectivity index (χ3v) is 6.00. The van der Waals surface area contributed by atoms with Gasteiger partial charge in [-0.25, -0.2) is 14.6 Å². The molecule has 8 nitrogen and oxygen atoms in total. The molecule has 0 spiro atoms. The molecule has 0 unspecified atom stereocenters.